The quantitative estimate of drug-likeness (QED) is 0.217. The highest BCUT2D eigenvalue weighted by Crippen LogP contribution is 2.32. The summed E-state index contributed by atoms with van der Waals surface area (Å²) >= 11 is 0. The van der Waals surface area contributed by atoms with Crippen molar-refractivity contribution in [3.05, 3.63) is 114 Å². The maximum Gasteiger partial charge on any atom is 0.573 e. The van der Waals surface area contributed by atoms with Crippen LogP contribution in [-0.4, -0.2) is 69.2 Å². The number of halogens is 5. The molecule has 1 aliphatic rings. The molecule has 5 aromatic rings. The molecule has 2 aromatic heterocycles. The van der Waals surface area contributed by atoms with Crippen molar-refractivity contribution in [1.29, 1.82) is 0 Å². The first-order valence-corrected chi connectivity index (χ1v) is 14.1. The molecule has 3 aromatic carbocycles. The van der Waals surface area contributed by atoms with E-state index in [-0.39, 0.29) is 35.9 Å². The van der Waals surface area contributed by atoms with E-state index in [1.165, 1.54) is 54.7 Å². The van der Waals surface area contributed by atoms with E-state index < -0.39 is 6.36 Å². The highest BCUT2D eigenvalue weighted by atomic mass is 19.4. The summed E-state index contributed by atoms with van der Waals surface area (Å²) in [5.74, 6) is -0.730. The number of aromatic nitrogens is 3. The van der Waals surface area contributed by atoms with Crippen LogP contribution in [-0.2, 0) is 4.79 Å². The van der Waals surface area contributed by atoms with Gasteiger partial charge in [0.05, 0.1) is 18.8 Å². The Morgan fingerprint density at radius 3 is 2.04 bits per heavy atom. The number of piperazine rings is 1. The molecule has 1 fully saturated rings. The van der Waals surface area contributed by atoms with Crippen LogP contribution in [0.3, 0.4) is 0 Å². The largest absolute Gasteiger partial charge is 0.573 e. The Kier molecular flexibility index (Phi) is 8.35. The monoisotopic (exact) mass is 622 g/mol. The molecular formula is C32H27F5N6O2. The van der Waals surface area contributed by atoms with Crippen LogP contribution in [0.15, 0.2) is 91.4 Å². The number of carbonyl (C=O) groups is 1. The second kappa shape index (κ2) is 12.5. The van der Waals surface area contributed by atoms with E-state index in [9.17, 15) is 26.7 Å². The van der Waals surface area contributed by atoms with E-state index in [1.807, 2.05) is 0 Å². The molecule has 232 valence electrons. The van der Waals surface area contributed by atoms with Crippen LogP contribution in [0.25, 0.3) is 16.9 Å². The van der Waals surface area contributed by atoms with Gasteiger partial charge in [0.1, 0.15) is 28.9 Å². The van der Waals surface area contributed by atoms with Gasteiger partial charge in [0.2, 0.25) is 5.91 Å². The molecule has 45 heavy (non-hydrogen) atoms. The number of nitrogens with one attached hydrogen (secondary N) is 1. The zero-order valence-corrected chi connectivity index (χ0v) is 23.7. The molecule has 1 N–H and O–H groups in total. The summed E-state index contributed by atoms with van der Waals surface area (Å²) in [5.41, 5.74) is 3.15. The minimum atomic E-state index is -4.81. The lowest BCUT2D eigenvalue weighted by molar-refractivity contribution is -0.274. The number of alkyl halides is 3. The lowest BCUT2D eigenvalue weighted by atomic mass is 9.96. The number of hydrogen-bond donors (Lipinski definition) is 1. The van der Waals surface area contributed by atoms with Crippen LogP contribution < -0.4 is 10.1 Å². The molecule has 0 spiro atoms. The van der Waals surface area contributed by atoms with Gasteiger partial charge in [-0.2, -0.15) is 0 Å². The molecular weight excluding hydrogens is 595 g/mol. The van der Waals surface area contributed by atoms with Gasteiger partial charge in [-0.05, 0) is 59.7 Å². The molecule has 1 saturated heterocycles. The number of fused-ring (bicyclic) bond motifs is 1. The van der Waals surface area contributed by atoms with E-state index in [2.05, 4.69) is 24.9 Å². The van der Waals surface area contributed by atoms with Crippen LogP contribution in [0.2, 0.25) is 0 Å². The summed E-state index contributed by atoms with van der Waals surface area (Å²) in [7, 11) is 0. The predicted octanol–water partition coefficient (Wildman–Crippen LogP) is 5.92. The number of hydrogen-bond acceptors (Lipinski definition) is 6. The number of benzene rings is 3. The molecule has 0 saturated carbocycles. The Hall–Kier alpha value is -5.04. The SMILES string of the molecule is O=C(CNc1c(-c2ccc(OC(F)(F)F)cc2)nc2cnccn12)N1CCN(C(c2ccc(F)cc2)c2ccc(F)cc2)CC1. The van der Waals surface area contributed by atoms with Crippen molar-refractivity contribution in [1.82, 2.24) is 24.2 Å². The van der Waals surface area contributed by atoms with Crippen LogP contribution in [0.5, 0.6) is 5.75 Å². The zero-order chi connectivity index (χ0) is 31.6. The highest BCUT2D eigenvalue weighted by Gasteiger charge is 2.31. The van der Waals surface area contributed by atoms with Crippen LogP contribution in [0, 0.1) is 11.6 Å². The smallest absolute Gasteiger partial charge is 0.406 e. The third kappa shape index (κ3) is 6.88. The van der Waals surface area contributed by atoms with E-state index in [0.717, 1.165) is 11.1 Å². The Bertz CT molecular complexity index is 1720. The normalized spacial score (nSPS) is 14.2. The van der Waals surface area contributed by atoms with Gasteiger partial charge in [-0.1, -0.05) is 24.3 Å². The molecule has 1 aliphatic heterocycles. The van der Waals surface area contributed by atoms with E-state index >= 15 is 0 Å². The van der Waals surface area contributed by atoms with Gasteiger partial charge < -0.3 is 15.0 Å². The molecule has 8 nitrogen and oxygen atoms in total. The van der Waals surface area contributed by atoms with Crippen LogP contribution >= 0.6 is 0 Å². The van der Waals surface area contributed by atoms with Gasteiger partial charge in [0, 0.05) is 44.1 Å². The molecule has 0 atom stereocenters. The molecule has 0 unspecified atom stereocenters. The van der Waals surface area contributed by atoms with E-state index in [1.54, 1.807) is 46.0 Å². The highest BCUT2D eigenvalue weighted by molar-refractivity contribution is 5.84. The van der Waals surface area contributed by atoms with Gasteiger partial charge in [-0.3, -0.25) is 19.1 Å². The number of ether oxygens (including phenoxy) is 1. The van der Waals surface area contributed by atoms with Gasteiger partial charge in [-0.15, -0.1) is 13.2 Å². The van der Waals surface area contributed by atoms with Crippen molar-refractivity contribution >= 4 is 17.4 Å². The Morgan fingerprint density at radius 2 is 1.47 bits per heavy atom. The minimum absolute atomic E-state index is 0.0578. The summed E-state index contributed by atoms with van der Waals surface area (Å²) in [5, 5.41) is 3.17. The summed E-state index contributed by atoms with van der Waals surface area (Å²) in [6.07, 6.45) is -0.0413. The Labute approximate surface area is 254 Å². The standard InChI is InChI=1S/C32H27F5N6O2/c33-24-7-1-22(2-8-24)30(23-3-9-25(34)10-4-23)42-17-15-41(16-18-42)28(44)20-39-31-29(40-27-19-38-13-14-43(27)31)21-5-11-26(12-6-21)45-32(35,36)37/h1-14,19,30,39H,15-18,20H2. The molecule has 0 aliphatic carbocycles. The van der Waals surface area contributed by atoms with Crippen molar-refractivity contribution in [2.45, 2.75) is 12.4 Å². The number of carbonyl (C=O) groups excluding carboxylic acids is 1. The fourth-order valence-corrected chi connectivity index (χ4v) is 5.50. The summed E-state index contributed by atoms with van der Waals surface area (Å²) in [4.78, 5) is 25.9. The summed E-state index contributed by atoms with van der Waals surface area (Å²) in [6, 6.07) is 17.5. The average Bonchev–Trinajstić information content (AvgIpc) is 3.40. The van der Waals surface area contributed by atoms with E-state index in [4.69, 9.17) is 0 Å². The molecule has 1 amide bonds. The number of nitrogens with zero attached hydrogens (tertiary/aromatic N) is 5. The molecule has 6 rings (SSSR count). The fourth-order valence-electron chi connectivity index (χ4n) is 5.50. The average molecular weight is 623 g/mol. The van der Waals surface area contributed by atoms with Crippen molar-refractivity contribution in [2.75, 3.05) is 38.0 Å². The molecule has 3 heterocycles. The molecule has 13 heteroatoms. The van der Waals surface area contributed by atoms with E-state index in [0.29, 0.717) is 48.9 Å². The van der Waals surface area contributed by atoms with Crippen molar-refractivity contribution < 1.29 is 31.5 Å². The van der Waals surface area contributed by atoms with Crippen LogP contribution in [0.1, 0.15) is 17.2 Å². The first-order chi connectivity index (χ1) is 21.6. The van der Waals surface area contributed by atoms with Gasteiger partial charge in [0.25, 0.3) is 0 Å². The second-order valence-electron chi connectivity index (χ2n) is 10.5. The number of imidazole rings is 1. The summed E-state index contributed by atoms with van der Waals surface area (Å²) in [6.45, 7) is 1.87. The summed E-state index contributed by atoms with van der Waals surface area (Å²) < 4.78 is 70.9. The first kappa shape index (κ1) is 30.0. The van der Waals surface area contributed by atoms with Crippen LogP contribution in [0.4, 0.5) is 27.8 Å². The maximum absolute atomic E-state index is 13.7. The maximum atomic E-state index is 13.7. The van der Waals surface area contributed by atoms with Gasteiger partial charge in [-0.25, -0.2) is 13.8 Å². The Balaban J connectivity index is 1.15. The van der Waals surface area contributed by atoms with Crippen molar-refractivity contribution in [3.63, 3.8) is 0 Å². The number of rotatable bonds is 8. The Morgan fingerprint density at radius 1 is 0.867 bits per heavy atom. The predicted molar refractivity (Wildman–Crippen MR) is 156 cm³/mol. The lowest BCUT2D eigenvalue weighted by Crippen LogP contribution is -2.51. The third-order valence-electron chi connectivity index (χ3n) is 7.60. The lowest BCUT2D eigenvalue weighted by Gasteiger charge is -2.40. The van der Waals surface area contributed by atoms with Crippen molar-refractivity contribution in [3.8, 4) is 17.0 Å². The first-order valence-electron chi connectivity index (χ1n) is 14.1. The third-order valence-corrected chi connectivity index (χ3v) is 7.60. The van der Waals surface area contributed by atoms with Gasteiger partial charge >= 0.3 is 6.36 Å². The minimum Gasteiger partial charge on any atom is -0.406 e. The van der Waals surface area contributed by atoms with Gasteiger partial charge in [0.15, 0.2) is 5.65 Å². The molecule has 0 radical (unpaired) electrons. The molecule has 0 bridgehead atoms. The number of anilines is 1. The number of amides is 1. The van der Waals surface area contributed by atoms with Crippen molar-refractivity contribution in [2.24, 2.45) is 0 Å². The second-order valence-corrected chi connectivity index (χ2v) is 10.5. The fraction of sp³-hybridized carbons (Fsp3) is 0.219. The topological polar surface area (TPSA) is 75.0 Å². The zero-order valence-electron chi connectivity index (χ0n) is 23.7.